The first-order chi connectivity index (χ1) is 15.5. The Morgan fingerprint density at radius 3 is 2.38 bits per heavy atom. The van der Waals surface area contributed by atoms with E-state index in [0.29, 0.717) is 33.1 Å². The van der Waals surface area contributed by atoms with Crippen molar-refractivity contribution in [1.82, 2.24) is 14.8 Å². The number of carbonyl (C=O) groups excluding carboxylic acids is 1. The van der Waals surface area contributed by atoms with Gasteiger partial charge in [-0.1, -0.05) is 25.7 Å². The largest absolute Gasteiger partial charge is 0.497 e. The number of halogens is 1. The number of piperazine rings is 1. The monoisotopic (exact) mass is 461 g/mol. The molecule has 0 radical (unpaired) electrons. The first-order valence-electron chi connectivity index (χ1n) is 11.4. The first-order valence-corrected chi connectivity index (χ1v) is 12.3. The average molecular weight is 462 g/mol. The van der Waals surface area contributed by atoms with E-state index in [1.165, 1.54) is 70.1 Å². The molecule has 1 saturated heterocycles. The smallest absolute Gasteiger partial charge is 0.265 e. The Kier molecular flexibility index (Phi) is 7.30. The fourth-order valence-corrected chi connectivity index (χ4v) is 5.89. The molecule has 2 fully saturated rings. The maximum Gasteiger partial charge on any atom is 0.265 e. The van der Waals surface area contributed by atoms with Gasteiger partial charge in [-0.3, -0.25) is 9.69 Å². The molecule has 2 heterocycles. The molecule has 174 valence electrons. The van der Waals surface area contributed by atoms with E-state index in [9.17, 15) is 9.18 Å². The second-order valence-corrected chi connectivity index (χ2v) is 9.59. The van der Waals surface area contributed by atoms with Crippen molar-refractivity contribution in [2.45, 2.75) is 51.5 Å². The van der Waals surface area contributed by atoms with Gasteiger partial charge in [-0.05, 0) is 19.8 Å². The molecule has 1 amide bonds. The van der Waals surface area contributed by atoms with E-state index in [1.807, 2.05) is 11.8 Å². The highest BCUT2D eigenvalue weighted by Gasteiger charge is 2.29. The van der Waals surface area contributed by atoms with Crippen LogP contribution < -0.4 is 9.47 Å². The fraction of sp³-hybridized carbons (Fsp3) is 0.583. The molecule has 1 aromatic carbocycles. The summed E-state index contributed by atoms with van der Waals surface area (Å²) in [5, 5.41) is 0.444. The fourth-order valence-electron chi connectivity index (χ4n) is 4.80. The molecule has 8 heteroatoms. The predicted molar refractivity (Wildman–Crippen MR) is 124 cm³/mol. The Morgan fingerprint density at radius 2 is 1.75 bits per heavy atom. The summed E-state index contributed by atoms with van der Waals surface area (Å²) < 4.78 is 25.3. The predicted octanol–water partition coefficient (Wildman–Crippen LogP) is 4.76. The average Bonchev–Trinajstić information content (AvgIpc) is 3.00. The standard InChI is InChI=1S/C24H32FN3O3S/c1-16-22(32-23(26-16)21-19(25)14-18(30-2)15-20(21)31-3)24(29)28-12-10-27(11-13-28)17-8-6-4-5-7-9-17/h14-15,17H,4-13H2,1-3H3. The van der Waals surface area contributed by atoms with Gasteiger partial charge in [0.1, 0.15) is 27.2 Å². The van der Waals surface area contributed by atoms with Gasteiger partial charge in [-0.25, -0.2) is 9.37 Å². The normalized spacial score (nSPS) is 18.4. The van der Waals surface area contributed by atoms with Crippen LogP contribution in [0.15, 0.2) is 12.1 Å². The number of hydrogen-bond acceptors (Lipinski definition) is 6. The van der Waals surface area contributed by atoms with Crippen molar-refractivity contribution in [3.8, 4) is 22.1 Å². The van der Waals surface area contributed by atoms with E-state index in [4.69, 9.17) is 9.47 Å². The minimum absolute atomic E-state index is 0.0142. The number of ether oxygens (including phenoxy) is 2. The number of nitrogens with zero attached hydrogens (tertiary/aromatic N) is 3. The van der Waals surface area contributed by atoms with Crippen LogP contribution in [0.4, 0.5) is 4.39 Å². The maximum absolute atomic E-state index is 14.8. The van der Waals surface area contributed by atoms with E-state index >= 15 is 0 Å². The van der Waals surface area contributed by atoms with Crippen molar-refractivity contribution in [3.05, 3.63) is 28.5 Å². The number of rotatable bonds is 5. The molecule has 1 saturated carbocycles. The molecular weight excluding hydrogens is 429 g/mol. The van der Waals surface area contributed by atoms with Gasteiger partial charge in [0.2, 0.25) is 0 Å². The minimum Gasteiger partial charge on any atom is -0.497 e. The quantitative estimate of drug-likeness (QED) is 0.601. The van der Waals surface area contributed by atoms with Gasteiger partial charge in [-0.15, -0.1) is 11.3 Å². The van der Waals surface area contributed by atoms with Crippen LogP contribution >= 0.6 is 11.3 Å². The van der Waals surface area contributed by atoms with E-state index in [2.05, 4.69) is 9.88 Å². The molecule has 0 N–H and O–H groups in total. The summed E-state index contributed by atoms with van der Waals surface area (Å²) in [6, 6.07) is 3.60. The molecule has 1 aliphatic heterocycles. The minimum atomic E-state index is -0.481. The van der Waals surface area contributed by atoms with Crippen LogP contribution in [-0.4, -0.2) is 67.1 Å². The van der Waals surface area contributed by atoms with Crippen LogP contribution in [0.25, 0.3) is 10.6 Å². The molecule has 4 rings (SSSR count). The summed E-state index contributed by atoms with van der Waals surface area (Å²) in [6.45, 7) is 5.09. The number of hydrogen-bond donors (Lipinski definition) is 0. The molecule has 0 bridgehead atoms. The molecule has 0 unspecified atom stereocenters. The van der Waals surface area contributed by atoms with Crippen molar-refractivity contribution in [3.63, 3.8) is 0 Å². The van der Waals surface area contributed by atoms with Crippen molar-refractivity contribution in [2.24, 2.45) is 0 Å². The van der Waals surface area contributed by atoms with Gasteiger partial charge in [0.25, 0.3) is 5.91 Å². The Labute approximate surface area is 193 Å². The molecule has 2 aromatic rings. The molecular formula is C24H32FN3O3S. The summed E-state index contributed by atoms with van der Waals surface area (Å²) in [7, 11) is 2.96. The third-order valence-corrected chi connectivity index (χ3v) is 7.79. The van der Waals surface area contributed by atoms with Crippen LogP contribution in [0.1, 0.15) is 53.9 Å². The van der Waals surface area contributed by atoms with E-state index in [-0.39, 0.29) is 11.5 Å². The highest BCUT2D eigenvalue weighted by Crippen LogP contribution is 2.39. The molecule has 6 nitrogen and oxygen atoms in total. The lowest BCUT2D eigenvalue weighted by Crippen LogP contribution is -2.51. The summed E-state index contributed by atoms with van der Waals surface area (Å²) in [5.74, 6) is 0.219. The number of aromatic nitrogens is 1. The van der Waals surface area contributed by atoms with Crippen molar-refractivity contribution in [2.75, 3.05) is 40.4 Å². The zero-order valence-electron chi connectivity index (χ0n) is 19.2. The van der Waals surface area contributed by atoms with Gasteiger partial charge >= 0.3 is 0 Å². The van der Waals surface area contributed by atoms with Gasteiger partial charge < -0.3 is 14.4 Å². The van der Waals surface area contributed by atoms with Crippen molar-refractivity contribution < 1.29 is 18.7 Å². The number of carbonyl (C=O) groups is 1. The molecule has 1 aromatic heterocycles. The summed E-state index contributed by atoms with van der Waals surface area (Å²) in [6.07, 6.45) is 7.89. The molecule has 1 aliphatic carbocycles. The SMILES string of the molecule is COc1cc(F)c(-c2nc(C)c(C(=O)N3CCN(C4CCCCCC4)CC3)s2)c(OC)c1. The highest BCUT2D eigenvalue weighted by molar-refractivity contribution is 7.17. The molecule has 0 atom stereocenters. The van der Waals surface area contributed by atoms with Crippen LogP contribution in [0, 0.1) is 12.7 Å². The van der Waals surface area contributed by atoms with Gasteiger partial charge in [0, 0.05) is 44.4 Å². The number of thiazole rings is 1. The van der Waals surface area contributed by atoms with E-state index in [0.717, 1.165) is 26.2 Å². The maximum atomic E-state index is 14.8. The Bertz CT molecular complexity index is 948. The van der Waals surface area contributed by atoms with E-state index < -0.39 is 5.82 Å². The van der Waals surface area contributed by atoms with Crippen LogP contribution in [0.3, 0.4) is 0 Å². The topological polar surface area (TPSA) is 54.9 Å². The first kappa shape index (κ1) is 23.0. The number of aryl methyl sites for hydroxylation is 1. The molecule has 2 aliphatic rings. The Morgan fingerprint density at radius 1 is 1.06 bits per heavy atom. The molecule has 32 heavy (non-hydrogen) atoms. The van der Waals surface area contributed by atoms with Crippen molar-refractivity contribution >= 4 is 17.2 Å². The van der Waals surface area contributed by atoms with Crippen molar-refractivity contribution in [1.29, 1.82) is 0 Å². The summed E-state index contributed by atoms with van der Waals surface area (Å²) in [4.78, 5) is 22.8. The molecule has 0 spiro atoms. The lowest BCUT2D eigenvalue weighted by molar-refractivity contribution is 0.0555. The highest BCUT2D eigenvalue weighted by atomic mass is 32.1. The summed E-state index contributed by atoms with van der Waals surface area (Å²) >= 11 is 1.23. The van der Waals surface area contributed by atoms with Gasteiger partial charge in [-0.2, -0.15) is 0 Å². The zero-order valence-corrected chi connectivity index (χ0v) is 20.0. The Balaban J connectivity index is 1.48. The summed E-state index contributed by atoms with van der Waals surface area (Å²) in [5.41, 5.74) is 0.886. The second-order valence-electron chi connectivity index (χ2n) is 8.59. The van der Waals surface area contributed by atoms with Crippen LogP contribution in [0.2, 0.25) is 0 Å². The number of amides is 1. The zero-order chi connectivity index (χ0) is 22.7. The third kappa shape index (κ3) is 4.76. The second kappa shape index (κ2) is 10.2. The van der Waals surface area contributed by atoms with Gasteiger partial charge in [0.05, 0.1) is 25.5 Å². The lowest BCUT2D eigenvalue weighted by atomic mass is 10.1. The Hall–Kier alpha value is -2.19. The van der Waals surface area contributed by atoms with Gasteiger partial charge in [0.15, 0.2) is 0 Å². The lowest BCUT2D eigenvalue weighted by Gasteiger charge is -2.39. The van der Waals surface area contributed by atoms with Crippen LogP contribution in [0.5, 0.6) is 11.5 Å². The van der Waals surface area contributed by atoms with E-state index in [1.54, 1.807) is 6.07 Å². The van der Waals surface area contributed by atoms with Crippen LogP contribution in [-0.2, 0) is 0 Å². The third-order valence-electron chi connectivity index (χ3n) is 6.63. The number of methoxy groups -OCH3 is 2. The number of benzene rings is 1.